The maximum absolute atomic E-state index is 12.3. The van der Waals surface area contributed by atoms with Gasteiger partial charge in [0.2, 0.25) is 0 Å². The third-order valence-electron chi connectivity index (χ3n) is 3.01. The molecule has 0 radical (unpaired) electrons. The van der Waals surface area contributed by atoms with Gasteiger partial charge in [0.1, 0.15) is 0 Å². The maximum atomic E-state index is 12.3. The number of para-hydroxylation sites is 1. The van der Waals surface area contributed by atoms with E-state index in [2.05, 4.69) is 0 Å². The number of nitrogens with zero attached hydrogens (tertiary/aromatic N) is 1. The molecule has 1 aromatic heterocycles. The van der Waals surface area contributed by atoms with Gasteiger partial charge in [-0.25, -0.2) is 5.14 Å². The highest BCUT2D eigenvalue weighted by Gasteiger charge is 2.16. The van der Waals surface area contributed by atoms with Crippen molar-refractivity contribution in [2.75, 3.05) is 0 Å². The molecule has 0 aliphatic carbocycles. The zero-order chi connectivity index (χ0) is 13.6. The Morgan fingerprint density at radius 3 is 2.00 bits per heavy atom. The molecule has 2 aromatic carbocycles. The summed E-state index contributed by atoms with van der Waals surface area (Å²) in [4.78, 5) is 12.3. The van der Waals surface area contributed by atoms with Crippen LogP contribution in [0.5, 0.6) is 0 Å². The van der Waals surface area contributed by atoms with Crippen molar-refractivity contribution in [2.24, 2.45) is 5.14 Å². The largest absolute Gasteiger partial charge is 0.305 e. The van der Waals surface area contributed by atoms with Gasteiger partial charge in [-0.15, -0.1) is 0 Å². The first-order chi connectivity index (χ1) is 9.00. The number of hydrogen-bond donors (Lipinski definition) is 1. The first kappa shape index (κ1) is 11.9. The molecule has 96 valence electrons. The van der Waals surface area contributed by atoms with Gasteiger partial charge in [0.15, 0.2) is 0 Å². The van der Waals surface area contributed by atoms with E-state index in [1.54, 1.807) is 48.5 Å². The summed E-state index contributed by atoms with van der Waals surface area (Å²) in [5, 5.41) is 6.86. The van der Waals surface area contributed by atoms with Crippen molar-refractivity contribution in [3.05, 3.63) is 58.9 Å². The summed E-state index contributed by atoms with van der Waals surface area (Å²) in [5.74, 6) is 0. The van der Waals surface area contributed by atoms with Gasteiger partial charge in [0.25, 0.3) is 5.56 Å². The van der Waals surface area contributed by atoms with Gasteiger partial charge in [0.05, 0.1) is 5.52 Å². The second-order valence-electron chi connectivity index (χ2n) is 4.18. The number of pyridine rings is 1. The van der Waals surface area contributed by atoms with Gasteiger partial charge in [-0.1, -0.05) is 36.4 Å². The van der Waals surface area contributed by atoms with Crippen molar-refractivity contribution in [3.8, 4) is 0 Å². The third kappa shape index (κ3) is 1.73. The van der Waals surface area contributed by atoms with Crippen LogP contribution in [0.2, 0.25) is 0 Å². The van der Waals surface area contributed by atoms with E-state index in [9.17, 15) is 13.2 Å². The van der Waals surface area contributed by atoms with Crippen molar-refractivity contribution < 1.29 is 8.42 Å². The van der Waals surface area contributed by atoms with Crippen LogP contribution in [0.1, 0.15) is 0 Å². The average molecular weight is 274 g/mol. The molecule has 0 fully saturated rings. The number of hydrogen-bond acceptors (Lipinski definition) is 3. The summed E-state index contributed by atoms with van der Waals surface area (Å²) in [7, 11) is -4.15. The molecular weight excluding hydrogens is 264 g/mol. The number of rotatable bonds is 1. The minimum Gasteiger partial charge on any atom is -0.268 e. The summed E-state index contributed by atoms with van der Waals surface area (Å²) in [6, 6.07) is 13.6. The second-order valence-corrected chi connectivity index (χ2v) is 5.57. The van der Waals surface area contributed by atoms with Crippen molar-refractivity contribution in [1.29, 1.82) is 0 Å². The Hall–Kier alpha value is -2.18. The van der Waals surface area contributed by atoms with E-state index in [-0.39, 0.29) is 5.52 Å². The van der Waals surface area contributed by atoms with Crippen LogP contribution in [0, 0.1) is 0 Å². The molecule has 0 saturated heterocycles. The van der Waals surface area contributed by atoms with E-state index in [1.165, 1.54) is 0 Å². The van der Waals surface area contributed by atoms with E-state index in [0.717, 1.165) is 0 Å². The first-order valence-corrected chi connectivity index (χ1v) is 7.06. The standard InChI is InChI=1S/C13H10N2O3S/c14-19(17,18)15-12-8-4-3-6-10(12)9-5-1-2-7-11(9)13(15)16/h1-8H,(H2,14,17,18). The number of benzene rings is 2. The second kappa shape index (κ2) is 3.91. The minimum absolute atomic E-state index is 0.286. The van der Waals surface area contributed by atoms with Gasteiger partial charge < -0.3 is 0 Å². The normalized spacial score (nSPS) is 12.1. The number of aromatic nitrogens is 1. The van der Waals surface area contributed by atoms with Crippen LogP contribution in [0.25, 0.3) is 21.7 Å². The monoisotopic (exact) mass is 274 g/mol. The lowest BCUT2D eigenvalue weighted by molar-refractivity contribution is 0.589. The lowest BCUT2D eigenvalue weighted by atomic mass is 10.1. The molecule has 0 bridgehead atoms. The lowest BCUT2D eigenvalue weighted by Gasteiger charge is -2.10. The molecule has 3 rings (SSSR count). The highest BCUT2D eigenvalue weighted by Crippen LogP contribution is 2.22. The molecule has 6 heteroatoms. The molecule has 0 spiro atoms. The molecule has 19 heavy (non-hydrogen) atoms. The number of nitrogens with two attached hydrogens (primary N) is 1. The fraction of sp³-hybridized carbons (Fsp3) is 0. The van der Waals surface area contributed by atoms with Crippen LogP contribution in [0.15, 0.2) is 53.3 Å². The van der Waals surface area contributed by atoms with Crippen LogP contribution in [0.3, 0.4) is 0 Å². The average Bonchev–Trinajstić information content (AvgIpc) is 2.38. The van der Waals surface area contributed by atoms with Crippen molar-refractivity contribution >= 4 is 31.9 Å². The molecule has 0 aliphatic heterocycles. The van der Waals surface area contributed by atoms with Crippen molar-refractivity contribution in [1.82, 2.24) is 3.97 Å². The van der Waals surface area contributed by atoms with Gasteiger partial charge in [0, 0.05) is 10.8 Å². The molecule has 2 N–H and O–H groups in total. The molecule has 0 atom stereocenters. The third-order valence-corrected chi connectivity index (χ3v) is 3.88. The summed E-state index contributed by atoms with van der Waals surface area (Å²) >= 11 is 0. The maximum Gasteiger partial charge on any atom is 0.305 e. The highest BCUT2D eigenvalue weighted by atomic mass is 32.2. The van der Waals surface area contributed by atoms with Crippen LogP contribution in [-0.2, 0) is 10.2 Å². The molecule has 0 aliphatic rings. The van der Waals surface area contributed by atoms with Gasteiger partial charge in [-0.2, -0.15) is 12.4 Å². The Labute approximate surface area is 109 Å². The molecule has 1 heterocycles. The van der Waals surface area contributed by atoms with Gasteiger partial charge in [-0.05, 0) is 17.5 Å². The van der Waals surface area contributed by atoms with Crippen LogP contribution >= 0.6 is 0 Å². The van der Waals surface area contributed by atoms with Crippen molar-refractivity contribution in [3.63, 3.8) is 0 Å². The molecule has 3 aromatic rings. The van der Waals surface area contributed by atoms with E-state index < -0.39 is 15.8 Å². The van der Waals surface area contributed by atoms with E-state index in [0.29, 0.717) is 20.1 Å². The minimum atomic E-state index is -4.15. The summed E-state index contributed by atoms with van der Waals surface area (Å²) < 4.78 is 23.9. The van der Waals surface area contributed by atoms with Gasteiger partial charge in [-0.3, -0.25) is 4.79 Å². The zero-order valence-electron chi connectivity index (χ0n) is 9.78. The Kier molecular flexibility index (Phi) is 2.44. The Morgan fingerprint density at radius 2 is 1.37 bits per heavy atom. The van der Waals surface area contributed by atoms with E-state index in [1.807, 2.05) is 0 Å². The van der Waals surface area contributed by atoms with Crippen LogP contribution in [0.4, 0.5) is 0 Å². The fourth-order valence-corrected chi connectivity index (χ4v) is 3.02. The summed E-state index contributed by atoms with van der Waals surface area (Å²) in [6.45, 7) is 0. The lowest BCUT2D eigenvalue weighted by Crippen LogP contribution is -2.33. The van der Waals surface area contributed by atoms with Crippen molar-refractivity contribution in [2.45, 2.75) is 0 Å². The topological polar surface area (TPSA) is 82.2 Å². The predicted molar refractivity (Wildman–Crippen MR) is 74.2 cm³/mol. The molecule has 5 nitrogen and oxygen atoms in total. The Balaban J connectivity index is 2.76. The van der Waals surface area contributed by atoms with E-state index in [4.69, 9.17) is 5.14 Å². The predicted octanol–water partition coefficient (Wildman–Crippen LogP) is 1.21. The molecule has 0 amide bonds. The summed E-state index contributed by atoms with van der Waals surface area (Å²) in [6.07, 6.45) is 0. The quantitative estimate of drug-likeness (QED) is 0.677. The smallest absolute Gasteiger partial charge is 0.268 e. The number of fused-ring (bicyclic) bond motifs is 3. The Bertz CT molecular complexity index is 958. The first-order valence-electron chi connectivity index (χ1n) is 5.56. The van der Waals surface area contributed by atoms with Crippen LogP contribution < -0.4 is 10.7 Å². The van der Waals surface area contributed by atoms with E-state index >= 15 is 0 Å². The summed E-state index contributed by atoms with van der Waals surface area (Å²) in [5.41, 5.74) is -0.342. The zero-order valence-corrected chi connectivity index (χ0v) is 10.6. The van der Waals surface area contributed by atoms with Gasteiger partial charge >= 0.3 is 10.2 Å². The Morgan fingerprint density at radius 1 is 0.842 bits per heavy atom. The highest BCUT2D eigenvalue weighted by molar-refractivity contribution is 7.87. The molecular formula is C13H10N2O3S. The molecule has 0 unspecified atom stereocenters. The van der Waals surface area contributed by atoms with Crippen LogP contribution in [-0.4, -0.2) is 12.4 Å². The fourth-order valence-electron chi connectivity index (χ4n) is 2.25. The SMILES string of the molecule is NS(=O)(=O)n1c(=O)c2ccccc2c2ccccc21. The molecule has 0 saturated carbocycles.